The third-order valence-corrected chi connectivity index (χ3v) is 2.33. The third-order valence-electron chi connectivity index (χ3n) is 2.33. The molecule has 1 saturated carbocycles. The predicted octanol–water partition coefficient (Wildman–Crippen LogP) is 1.40. The van der Waals surface area contributed by atoms with Gasteiger partial charge < -0.3 is 5.11 Å². The highest BCUT2D eigenvalue weighted by atomic mass is 16.4. The quantitative estimate of drug-likeness (QED) is 0.652. The van der Waals surface area contributed by atoms with Gasteiger partial charge in [0.05, 0.1) is 12.0 Å². The molecule has 0 heterocycles. The van der Waals surface area contributed by atoms with Gasteiger partial charge in [-0.15, -0.1) is 0 Å². The maximum absolute atomic E-state index is 10.6. The van der Waals surface area contributed by atoms with Gasteiger partial charge in [-0.05, 0) is 18.8 Å². The summed E-state index contributed by atoms with van der Waals surface area (Å²) in [6, 6.07) is 2.03. The summed E-state index contributed by atoms with van der Waals surface area (Å²) < 4.78 is 0. The first-order valence-corrected chi connectivity index (χ1v) is 3.85. The Morgan fingerprint density at radius 2 is 2.36 bits per heavy atom. The Balaban J connectivity index is 2.52. The predicted molar refractivity (Wildman–Crippen MR) is 38.7 cm³/mol. The summed E-state index contributed by atoms with van der Waals surface area (Å²) in [6.45, 7) is 0. The molecule has 0 saturated heterocycles. The number of hydrogen-bond acceptors (Lipinski definition) is 2. The van der Waals surface area contributed by atoms with E-state index in [1.165, 1.54) is 0 Å². The van der Waals surface area contributed by atoms with Crippen LogP contribution in [0.5, 0.6) is 0 Å². The van der Waals surface area contributed by atoms with Crippen LogP contribution in [0.1, 0.15) is 25.7 Å². The minimum atomic E-state index is -0.734. The Bertz CT molecular complexity index is 195. The summed E-state index contributed by atoms with van der Waals surface area (Å²) in [5.41, 5.74) is 0. The van der Waals surface area contributed by atoms with Gasteiger partial charge in [0.25, 0.3) is 0 Å². The zero-order valence-corrected chi connectivity index (χ0v) is 6.29. The normalized spacial score (nSPS) is 29.7. The first-order chi connectivity index (χ1) is 5.25. The average Bonchev–Trinajstić information content (AvgIpc) is 2.36. The highest BCUT2D eigenvalue weighted by molar-refractivity contribution is 5.70. The van der Waals surface area contributed by atoms with E-state index in [0.717, 1.165) is 19.3 Å². The second kappa shape index (κ2) is 3.38. The van der Waals surface area contributed by atoms with Crippen LogP contribution in [0, 0.1) is 23.2 Å². The summed E-state index contributed by atoms with van der Waals surface area (Å²) in [5.74, 6) is -0.880. The number of nitrogens with zero attached hydrogens (tertiary/aromatic N) is 1. The second-order valence-corrected chi connectivity index (χ2v) is 3.00. The Morgan fingerprint density at radius 1 is 1.64 bits per heavy atom. The molecule has 0 aromatic rings. The van der Waals surface area contributed by atoms with Crippen molar-refractivity contribution in [2.24, 2.45) is 11.8 Å². The van der Waals surface area contributed by atoms with Gasteiger partial charge in [-0.25, -0.2) is 0 Å². The Labute approximate surface area is 65.6 Å². The Hall–Kier alpha value is -1.04. The van der Waals surface area contributed by atoms with Crippen molar-refractivity contribution in [1.29, 1.82) is 5.26 Å². The Kier molecular flexibility index (Phi) is 2.48. The number of carboxylic acids is 1. The van der Waals surface area contributed by atoms with Gasteiger partial charge >= 0.3 is 5.97 Å². The van der Waals surface area contributed by atoms with E-state index in [0.29, 0.717) is 6.42 Å². The minimum Gasteiger partial charge on any atom is -0.481 e. The van der Waals surface area contributed by atoms with Crippen molar-refractivity contribution in [3.8, 4) is 6.07 Å². The summed E-state index contributed by atoms with van der Waals surface area (Å²) in [5, 5.41) is 17.1. The van der Waals surface area contributed by atoms with Crippen molar-refractivity contribution in [3.63, 3.8) is 0 Å². The summed E-state index contributed by atoms with van der Waals surface area (Å²) >= 11 is 0. The van der Waals surface area contributed by atoms with E-state index in [-0.39, 0.29) is 11.8 Å². The number of carboxylic acid groups (broad SMARTS) is 1. The zero-order chi connectivity index (χ0) is 8.27. The topological polar surface area (TPSA) is 61.1 Å². The van der Waals surface area contributed by atoms with E-state index >= 15 is 0 Å². The lowest BCUT2D eigenvalue weighted by Gasteiger charge is -2.10. The highest BCUT2D eigenvalue weighted by Crippen LogP contribution is 2.33. The lowest BCUT2D eigenvalue weighted by Crippen LogP contribution is -2.17. The molecule has 60 valence electrons. The van der Waals surface area contributed by atoms with Crippen LogP contribution in [0.3, 0.4) is 0 Å². The van der Waals surface area contributed by atoms with E-state index in [1.807, 2.05) is 6.07 Å². The lowest BCUT2D eigenvalue weighted by atomic mass is 9.94. The Morgan fingerprint density at radius 3 is 2.91 bits per heavy atom. The van der Waals surface area contributed by atoms with Crippen LogP contribution in [-0.2, 0) is 4.79 Å². The van der Waals surface area contributed by atoms with Gasteiger partial charge in [0.1, 0.15) is 0 Å². The lowest BCUT2D eigenvalue weighted by molar-refractivity contribution is -0.142. The first kappa shape index (κ1) is 8.06. The molecule has 2 atom stereocenters. The van der Waals surface area contributed by atoms with Crippen LogP contribution >= 0.6 is 0 Å². The SMILES string of the molecule is N#CCC1CCCC1C(=O)O. The second-order valence-electron chi connectivity index (χ2n) is 3.00. The number of hydrogen-bond donors (Lipinski definition) is 1. The van der Waals surface area contributed by atoms with Gasteiger partial charge in [-0.3, -0.25) is 4.79 Å². The summed E-state index contributed by atoms with van der Waals surface area (Å²) in [4.78, 5) is 10.6. The number of aliphatic carboxylic acids is 1. The van der Waals surface area contributed by atoms with Gasteiger partial charge in [0.15, 0.2) is 0 Å². The molecular formula is C8H11NO2. The fraction of sp³-hybridized carbons (Fsp3) is 0.750. The van der Waals surface area contributed by atoms with Crippen molar-refractivity contribution in [2.75, 3.05) is 0 Å². The molecule has 1 aliphatic carbocycles. The zero-order valence-electron chi connectivity index (χ0n) is 6.29. The molecule has 0 aromatic carbocycles. The molecule has 3 heteroatoms. The molecule has 1 rings (SSSR count). The van der Waals surface area contributed by atoms with Gasteiger partial charge in [-0.1, -0.05) is 6.42 Å². The van der Waals surface area contributed by atoms with E-state index in [1.54, 1.807) is 0 Å². The minimum absolute atomic E-state index is 0.109. The van der Waals surface area contributed by atoms with Crippen LogP contribution in [-0.4, -0.2) is 11.1 Å². The van der Waals surface area contributed by atoms with Gasteiger partial charge in [-0.2, -0.15) is 5.26 Å². The van der Waals surface area contributed by atoms with Crippen LogP contribution in [0.25, 0.3) is 0 Å². The molecular weight excluding hydrogens is 142 g/mol. The van der Waals surface area contributed by atoms with Crippen LogP contribution in [0.4, 0.5) is 0 Å². The van der Waals surface area contributed by atoms with Crippen molar-refractivity contribution in [2.45, 2.75) is 25.7 Å². The molecule has 1 N–H and O–H groups in total. The van der Waals surface area contributed by atoms with Gasteiger partial charge in [0, 0.05) is 6.42 Å². The van der Waals surface area contributed by atoms with Crippen LogP contribution in [0.2, 0.25) is 0 Å². The van der Waals surface area contributed by atoms with Crippen molar-refractivity contribution < 1.29 is 9.90 Å². The summed E-state index contributed by atoms with van der Waals surface area (Å²) in [6.07, 6.45) is 3.02. The molecule has 0 radical (unpaired) electrons. The standard InChI is InChI=1S/C8H11NO2/c9-5-4-6-2-1-3-7(6)8(10)11/h6-7H,1-4H2,(H,10,11). The molecule has 0 spiro atoms. The number of carbonyl (C=O) groups is 1. The maximum atomic E-state index is 10.6. The number of rotatable bonds is 2. The molecule has 11 heavy (non-hydrogen) atoms. The highest BCUT2D eigenvalue weighted by Gasteiger charge is 2.32. The van der Waals surface area contributed by atoms with Crippen molar-refractivity contribution in [1.82, 2.24) is 0 Å². The molecule has 1 aliphatic rings. The number of nitriles is 1. The van der Waals surface area contributed by atoms with E-state index in [4.69, 9.17) is 10.4 Å². The molecule has 0 bridgehead atoms. The van der Waals surface area contributed by atoms with Crippen LogP contribution in [0.15, 0.2) is 0 Å². The van der Waals surface area contributed by atoms with E-state index in [9.17, 15) is 4.79 Å². The van der Waals surface area contributed by atoms with E-state index < -0.39 is 5.97 Å². The molecule has 2 unspecified atom stereocenters. The fourth-order valence-corrected chi connectivity index (χ4v) is 1.72. The fourth-order valence-electron chi connectivity index (χ4n) is 1.72. The largest absolute Gasteiger partial charge is 0.481 e. The van der Waals surface area contributed by atoms with Crippen molar-refractivity contribution >= 4 is 5.97 Å². The molecule has 0 aromatic heterocycles. The molecule has 1 fully saturated rings. The molecule has 0 aliphatic heterocycles. The maximum Gasteiger partial charge on any atom is 0.306 e. The summed E-state index contributed by atoms with van der Waals surface area (Å²) in [7, 11) is 0. The van der Waals surface area contributed by atoms with Crippen LogP contribution < -0.4 is 0 Å². The average molecular weight is 153 g/mol. The monoisotopic (exact) mass is 153 g/mol. The smallest absolute Gasteiger partial charge is 0.306 e. The van der Waals surface area contributed by atoms with E-state index in [2.05, 4.69) is 0 Å². The molecule has 0 amide bonds. The van der Waals surface area contributed by atoms with Crippen molar-refractivity contribution in [3.05, 3.63) is 0 Å². The third kappa shape index (κ3) is 1.70. The first-order valence-electron chi connectivity index (χ1n) is 3.85. The molecule has 3 nitrogen and oxygen atoms in total. The van der Waals surface area contributed by atoms with Gasteiger partial charge in [0.2, 0.25) is 0 Å².